The minimum absolute atomic E-state index is 0.225. The Hall–Kier alpha value is -2.67. The number of rotatable bonds is 6. The highest BCUT2D eigenvalue weighted by molar-refractivity contribution is 7.92. The number of benzene rings is 3. The van der Waals surface area contributed by atoms with Crippen molar-refractivity contribution in [3.63, 3.8) is 0 Å². The molecular weight excluding hydrogens is 336 g/mol. The first-order valence-electron chi connectivity index (χ1n) is 7.74. The second kappa shape index (κ2) is 7.48. The maximum Gasteiger partial charge on any atom is 0.261 e. The van der Waals surface area contributed by atoms with Gasteiger partial charge < -0.3 is 5.21 Å². The summed E-state index contributed by atoms with van der Waals surface area (Å²) in [5.41, 5.74) is 3.56. The van der Waals surface area contributed by atoms with Gasteiger partial charge in [0, 0.05) is 11.9 Å². The first kappa shape index (κ1) is 17.2. The van der Waals surface area contributed by atoms with Gasteiger partial charge >= 0.3 is 0 Å². The molecular formula is C19H18N2O3S. The predicted molar refractivity (Wildman–Crippen MR) is 100 cm³/mol. The fraction of sp³-hybridized carbons (Fsp3) is 0.0526. The molecule has 0 radical (unpaired) electrons. The Kier molecular flexibility index (Phi) is 5.14. The molecule has 0 aliphatic carbocycles. The Morgan fingerprint density at radius 2 is 1.76 bits per heavy atom. The summed E-state index contributed by atoms with van der Waals surface area (Å²) in [5, 5.41) is 10.3. The molecule has 0 aliphatic rings. The molecule has 3 aromatic rings. The number of hydrogen-bond acceptors (Lipinski definition) is 4. The summed E-state index contributed by atoms with van der Waals surface area (Å²) in [6.07, 6.45) is 3.67. The van der Waals surface area contributed by atoms with Gasteiger partial charge in [0.15, 0.2) is 0 Å². The van der Waals surface area contributed by atoms with Gasteiger partial charge in [0.2, 0.25) is 0 Å². The van der Waals surface area contributed by atoms with Crippen LogP contribution in [0.3, 0.4) is 0 Å². The number of sulfonamides is 1. The first-order valence-corrected chi connectivity index (χ1v) is 9.22. The quantitative estimate of drug-likeness (QED) is 0.591. The van der Waals surface area contributed by atoms with Crippen LogP contribution < -0.4 is 10.2 Å². The summed E-state index contributed by atoms with van der Waals surface area (Å²) in [5.74, 6) is 0. The lowest BCUT2D eigenvalue weighted by Crippen LogP contribution is -2.13. The van der Waals surface area contributed by atoms with Crippen LogP contribution in [0, 0.1) is 0 Å². The average Bonchev–Trinajstić information content (AvgIpc) is 2.62. The maximum absolute atomic E-state index is 12.5. The molecule has 0 spiro atoms. The molecule has 3 rings (SSSR count). The second-order valence-electron chi connectivity index (χ2n) is 5.47. The van der Waals surface area contributed by atoms with Crippen LogP contribution in [-0.2, 0) is 10.0 Å². The van der Waals surface area contributed by atoms with Crippen molar-refractivity contribution in [1.82, 2.24) is 5.48 Å². The van der Waals surface area contributed by atoms with Crippen LogP contribution >= 0.6 is 0 Å². The molecule has 0 unspecified atom stereocenters. The molecule has 3 aromatic carbocycles. The summed E-state index contributed by atoms with van der Waals surface area (Å²) in [7, 11) is -3.63. The van der Waals surface area contributed by atoms with Crippen LogP contribution in [0.4, 0.5) is 5.69 Å². The fourth-order valence-corrected chi connectivity index (χ4v) is 3.65. The van der Waals surface area contributed by atoms with Crippen molar-refractivity contribution in [3.05, 3.63) is 78.4 Å². The van der Waals surface area contributed by atoms with E-state index in [-0.39, 0.29) is 4.90 Å². The van der Waals surface area contributed by atoms with Crippen molar-refractivity contribution >= 4 is 32.6 Å². The van der Waals surface area contributed by atoms with Gasteiger partial charge in [-0.25, -0.2) is 13.9 Å². The smallest absolute Gasteiger partial charge is 0.261 e. The minimum Gasteiger partial charge on any atom is -0.317 e. The van der Waals surface area contributed by atoms with Crippen LogP contribution in [0.2, 0.25) is 0 Å². The van der Waals surface area contributed by atoms with Crippen molar-refractivity contribution in [3.8, 4) is 0 Å². The topological polar surface area (TPSA) is 78.4 Å². The van der Waals surface area contributed by atoms with E-state index >= 15 is 0 Å². The van der Waals surface area contributed by atoms with E-state index in [1.807, 2.05) is 36.4 Å². The molecule has 0 aliphatic heterocycles. The Morgan fingerprint density at radius 1 is 0.960 bits per heavy atom. The van der Waals surface area contributed by atoms with Gasteiger partial charge in [-0.2, -0.15) is 0 Å². The van der Waals surface area contributed by atoms with Crippen molar-refractivity contribution in [1.29, 1.82) is 0 Å². The maximum atomic E-state index is 12.5. The van der Waals surface area contributed by atoms with E-state index in [9.17, 15) is 8.42 Å². The largest absolute Gasteiger partial charge is 0.317 e. The average molecular weight is 354 g/mol. The summed E-state index contributed by atoms with van der Waals surface area (Å²) < 4.78 is 27.7. The molecule has 0 bridgehead atoms. The van der Waals surface area contributed by atoms with Crippen LogP contribution in [0.1, 0.15) is 5.56 Å². The zero-order valence-electron chi connectivity index (χ0n) is 13.4. The van der Waals surface area contributed by atoms with Gasteiger partial charge in [0.05, 0.1) is 10.6 Å². The lowest BCUT2D eigenvalue weighted by atomic mass is 10.1. The molecule has 25 heavy (non-hydrogen) atoms. The summed E-state index contributed by atoms with van der Waals surface area (Å²) >= 11 is 0. The lowest BCUT2D eigenvalue weighted by molar-refractivity contribution is 0.180. The molecule has 0 saturated carbocycles. The van der Waals surface area contributed by atoms with E-state index in [4.69, 9.17) is 5.21 Å². The lowest BCUT2D eigenvalue weighted by Gasteiger charge is -2.11. The Morgan fingerprint density at radius 3 is 2.52 bits per heavy atom. The molecule has 5 nitrogen and oxygen atoms in total. The number of hydroxylamine groups is 1. The summed E-state index contributed by atoms with van der Waals surface area (Å²) in [6, 6.07) is 19.5. The van der Waals surface area contributed by atoms with Gasteiger partial charge in [-0.05, 0) is 35.2 Å². The van der Waals surface area contributed by atoms with Gasteiger partial charge in [0.25, 0.3) is 10.0 Å². The van der Waals surface area contributed by atoms with Crippen LogP contribution in [0.5, 0.6) is 0 Å². The van der Waals surface area contributed by atoms with Gasteiger partial charge in [-0.3, -0.25) is 4.72 Å². The molecule has 0 saturated heterocycles. The van der Waals surface area contributed by atoms with E-state index in [0.29, 0.717) is 12.2 Å². The molecule has 0 fully saturated rings. The molecule has 0 atom stereocenters. The minimum atomic E-state index is -3.63. The molecule has 3 N–H and O–H groups in total. The number of nitrogens with one attached hydrogen (secondary N) is 2. The highest BCUT2D eigenvalue weighted by Gasteiger charge is 2.14. The van der Waals surface area contributed by atoms with Gasteiger partial charge in [-0.1, -0.05) is 54.6 Å². The van der Waals surface area contributed by atoms with Crippen molar-refractivity contribution in [2.75, 3.05) is 11.3 Å². The highest BCUT2D eigenvalue weighted by Crippen LogP contribution is 2.27. The van der Waals surface area contributed by atoms with Crippen molar-refractivity contribution < 1.29 is 13.6 Å². The monoisotopic (exact) mass is 354 g/mol. The molecule has 0 aromatic heterocycles. The summed E-state index contributed by atoms with van der Waals surface area (Å²) in [6.45, 7) is 0.356. The first-order chi connectivity index (χ1) is 12.1. The molecule has 0 heterocycles. The molecule has 128 valence electrons. The molecule has 6 heteroatoms. The van der Waals surface area contributed by atoms with E-state index in [1.165, 1.54) is 0 Å². The third kappa shape index (κ3) is 4.06. The van der Waals surface area contributed by atoms with E-state index in [1.54, 1.807) is 42.5 Å². The van der Waals surface area contributed by atoms with E-state index < -0.39 is 10.0 Å². The Balaban J connectivity index is 1.95. The zero-order chi connectivity index (χ0) is 17.7. The van der Waals surface area contributed by atoms with E-state index in [2.05, 4.69) is 10.2 Å². The molecule has 0 amide bonds. The van der Waals surface area contributed by atoms with Gasteiger partial charge in [-0.15, -0.1) is 0 Å². The van der Waals surface area contributed by atoms with Crippen molar-refractivity contribution in [2.45, 2.75) is 4.90 Å². The van der Waals surface area contributed by atoms with Gasteiger partial charge in [0.1, 0.15) is 0 Å². The van der Waals surface area contributed by atoms with Crippen LogP contribution in [0.15, 0.2) is 77.7 Å². The number of hydrogen-bond donors (Lipinski definition) is 3. The van der Waals surface area contributed by atoms with Crippen molar-refractivity contribution in [2.24, 2.45) is 0 Å². The second-order valence-corrected chi connectivity index (χ2v) is 7.15. The van der Waals surface area contributed by atoms with E-state index in [0.717, 1.165) is 16.3 Å². The number of anilines is 1. The Labute approximate surface area is 146 Å². The number of fused-ring (bicyclic) bond motifs is 1. The SMILES string of the molecule is O=S(=O)(Nc1cccc2cc(/C=C/CNO)ccc12)c1ccccc1. The standard InChI is InChI=1S/C19H18N2O3S/c22-20-13-5-6-15-11-12-18-16(14-15)7-4-10-19(18)21-25(23,24)17-8-2-1-3-9-17/h1-12,14,20-22H,13H2/b6-5+. The normalized spacial score (nSPS) is 11.9. The predicted octanol–water partition coefficient (Wildman–Crippen LogP) is 3.63. The zero-order valence-corrected chi connectivity index (χ0v) is 14.2. The van der Waals surface area contributed by atoms with Crippen LogP contribution in [-0.4, -0.2) is 20.2 Å². The summed E-state index contributed by atoms with van der Waals surface area (Å²) in [4.78, 5) is 0.225. The third-order valence-corrected chi connectivity index (χ3v) is 5.10. The third-order valence-electron chi connectivity index (χ3n) is 3.72. The van der Waals surface area contributed by atoms with Crippen LogP contribution in [0.25, 0.3) is 16.8 Å². The Bertz CT molecular complexity index is 1000. The highest BCUT2D eigenvalue weighted by atomic mass is 32.2. The fourth-order valence-electron chi connectivity index (χ4n) is 2.55.